The third kappa shape index (κ3) is 2.52. The van der Waals surface area contributed by atoms with Crippen LogP contribution in [0.25, 0.3) is 0 Å². The highest BCUT2D eigenvalue weighted by Gasteiger charge is 2.45. The van der Waals surface area contributed by atoms with E-state index in [4.69, 9.17) is 0 Å². The average molecular weight is 306 g/mol. The Hall–Kier alpha value is -1.60. The van der Waals surface area contributed by atoms with Gasteiger partial charge < -0.3 is 4.90 Å². The number of likely N-dealkylation sites (tertiary alicyclic amines) is 1. The lowest BCUT2D eigenvalue weighted by Gasteiger charge is -2.34. The smallest absolute Gasteiger partial charge is 0.0843 e. The molecule has 1 aliphatic heterocycles. The van der Waals surface area contributed by atoms with E-state index in [1.807, 2.05) is 0 Å². The highest BCUT2D eigenvalue weighted by molar-refractivity contribution is 5.48. The maximum Gasteiger partial charge on any atom is 0.0843 e. The second-order valence-electron chi connectivity index (χ2n) is 7.64. The van der Waals surface area contributed by atoms with E-state index in [0.29, 0.717) is 5.92 Å². The highest BCUT2D eigenvalue weighted by Crippen LogP contribution is 2.51. The molecule has 1 N–H and O–H groups in total. The summed E-state index contributed by atoms with van der Waals surface area (Å²) in [6.45, 7) is 10.7. The summed E-state index contributed by atoms with van der Waals surface area (Å²) in [6, 6.07) is 16.5. The second kappa shape index (κ2) is 5.79. The molecule has 0 radical (unpaired) electrons. The van der Waals surface area contributed by atoms with Crippen molar-refractivity contribution < 1.29 is 4.90 Å². The van der Waals surface area contributed by atoms with E-state index in [1.165, 1.54) is 42.7 Å². The van der Waals surface area contributed by atoms with E-state index in [0.717, 1.165) is 11.8 Å². The number of benzene rings is 2. The van der Waals surface area contributed by atoms with Crippen LogP contribution in [-0.4, -0.2) is 19.6 Å². The van der Waals surface area contributed by atoms with Crippen molar-refractivity contribution in [3.8, 4) is 0 Å². The van der Waals surface area contributed by atoms with Gasteiger partial charge in [-0.25, -0.2) is 0 Å². The monoisotopic (exact) mass is 306 g/mol. The number of piperidine rings is 1. The molecule has 4 rings (SSSR count). The Bertz CT molecular complexity index is 700. The number of fused-ring (bicyclic) bond motifs is 3. The maximum atomic E-state index is 2.46. The lowest BCUT2D eigenvalue weighted by molar-refractivity contribution is -0.905. The zero-order valence-corrected chi connectivity index (χ0v) is 14.6. The van der Waals surface area contributed by atoms with Crippen molar-refractivity contribution in [2.75, 3.05) is 19.6 Å². The molecule has 2 aromatic carbocycles. The van der Waals surface area contributed by atoms with Crippen molar-refractivity contribution in [3.05, 3.63) is 70.3 Å². The normalized spacial score (nSPS) is 29.2. The second-order valence-corrected chi connectivity index (χ2v) is 7.64. The third-order valence-electron chi connectivity index (χ3n) is 6.20. The van der Waals surface area contributed by atoms with Crippen LogP contribution in [0.5, 0.6) is 0 Å². The number of aryl methyl sites for hydroxylation is 2. The van der Waals surface area contributed by atoms with Crippen LogP contribution in [0, 0.1) is 19.8 Å². The Labute approximate surface area is 140 Å². The van der Waals surface area contributed by atoms with E-state index >= 15 is 0 Å². The van der Waals surface area contributed by atoms with Gasteiger partial charge in [0.15, 0.2) is 0 Å². The molecule has 0 saturated carbocycles. The van der Waals surface area contributed by atoms with Gasteiger partial charge in [0.2, 0.25) is 0 Å². The molecule has 0 bridgehead atoms. The first-order valence-electron chi connectivity index (χ1n) is 9.18. The number of rotatable bonds is 2. The van der Waals surface area contributed by atoms with Crippen LogP contribution in [0.4, 0.5) is 0 Å². The number of quaternary nitrogens is 1. The molecule has 23 heavy (non-hydrogen) atoms. The Morgan fingerprint density at radius 3 is 2.43 bits per heavy atom. The van der Waals surface area contributed by atoms with Crippen LogP contribution < -0.4 is 4.90 Å². The summed E-state index contributed by atoms with van der Waals surface area (Å²) >= 11 is 0. The van der Waals surface area contributed by atoms with Crippen molar-refractivity contribution in [1.29, 1.82) is 0 Å². The Kier molecular flexibility index (Phi) is 3.77. The van der Waals surface area contributed by atoms with Crippen molar-refractivity contribution in [3.63, 3.8) is 0 Å². The molecular formula is C22H28N+. The number of nitrogens with one attached hydrogen (secondary N) is 1. The number of hydrogen-bond acceptors (Lipinski definition) is 0. The molecule has 4 atom stereocenters. The number of likely N-dealkylation sites (N-methyl/N-ethyl adjacent to an activating group) is 1. The maximum absolute atomic E-state index is 2.46. The van der Waals surface area contributed by atoms with Gasteiger partial charge in [-0.15, -0.1) is 0 Å². The molecular weight excluding hydrogens is 278 g/mol. The highest BCUT2D eigenvalue weighted by atomic mass is 15.1. The summed E-state index contributed by atoms with van der Waals surface area (Å²) in [6.07, 6.45) is 1.36. The van der Waals surface area contributed by atoms with Gasteiger partial charge in [-0.2, -0.15) is 0 Å². The molecule has 120 valence electrons. The van der Waals surface area contributed by atoms with Crippen LogP contribution in [-0.2, 0) is 0 Å². The van der Waals surface area contributed by atoms with Crippen molar-refractivity contribution in [2.45, 2.75) is 39.0 Å². The Morgan fingerprint density at radius 2 is 1.70 bits per heavy atom. The van der Waals surface area contributed by atoms with Crippen LogP contribution in [0.3, 0.4) is 0 Å². The van der Waals surface area contributed by atoms with Crippen LogP contribution in [0.1, 0.15) is 53.0 Å². The molecule has 0 aromatic heterocycles. The summed E-state index contributed by atoms with van der Waals surface area (Å²) in [5, 5.41) is 0. The fourth-order valence-corrected chi connectivity index (χ4v) is 4.93. The summed E-state index contributed by atoms with van der Waals surface area (Å²) in [7, 11) is 0. The molecule has 1 nitrogen and oxygen atoms in total. The minimum Gasteiger partial charge on any atom is -0.335 e. The molecule has 1 unspecified atom stereocenters. The first-order chi connectivity index (χ1) is 11.2. The Balaban J connectivity index is 1.80. The quantitative estimate of drug-likeness (QED) is 0.867. The fourth-order valence-electron chi connectivity index (χ4n) is 4.93. The SMILES string of the molecule is CC[NH+]1CC[C@@H]2[C@@H](c3ccc(C)cc3)c3cc(C)ccc3[C@H]2C1. The largest absolute Gasteiger partial charge is 0.335 e. The fraction of sp³-hybridized carbons (Fsp3) is 0.455. The predicted molar refractivity (Wildman–Crippen MR) is 96.3 cm³/mol. The molecule has 1 saturated heterocycles. The molecule has 2 aliphatic rings. The van der Waals surface area contributed by atoms with E-state index in [-0.39, 0.29) is 0 Å². The molecule has 1 aliphatic carbocycles. The van der Waals surface area contributed by atoms with Gasteiger partial charge in [-0.1, -0.05) is 53.6 Å². The van der Waals surface area contributed by atoms with Crippen LogP contribution in [0.15, 0.2) is 42.5 Å². The van der Waals surface area contributed by atoms with E-state index < -0.39 is 0 Å². The van der Waals surface area contributed by atoms with Gasteiger partial charge >= 0.3 is 0 Å². The van der Waals surface area contributed by atoms with Crippen molar-refractivity contribution in [1.82, 2.24) is 0 Å². The number of hydrogen-bond donors (Lipinski definition) is 1. The summed E-state index contributed by atoms with van der Waals surface area (Å²) < 4.78 is 0. The van der Waals surface area contributed by atoms with Crippen LogP contribution >= 0.6 is 0 Å². The minimum atomic E-state index is 0.605. The van der Waals surface area contributed by atoms with Crippen LogP contribution in [0.2, 0.25) is 0 Å². The van der Waals surface area contributed by atoms with Crippen molar-refractivity contribution in [2.24, 2.45) is 5.92 Å². The van der Waals surface area contributed by atoms with Gasteiger partial charge in [0.05, 0.1) is 19.6 Å². The molecule has 1 fully saturated rings. The molecule has 1 heterocycles. The van der Waals surface area contributed by atoms with Gasteiger partial charge in [0.25, 0.3) is 0 Å². The zero-order valence-electron chi connectivity index (χ0n) is 14.6. The topological polar surface area (TPSA) is 4.44 Å². The van der Waals surface area contributed by atoms with E-state index in [1.54, 1.807) is 16.0 Å². The molecule has 0 spiro atoms. The van der Waals surface area contributed by atoms with E-state index in [9.17, 15) is 0 Å². The van der Waals surface area contributed by atoms with Gasteiger partial charge in [0, 0.05) is 18.3 Å². The third-order valence-corrected chi connectivity index (χ3v) is 6.20. The molecule has 2 aromatic rings. The van der Waals surface area contributed by atoms with Gasteiger partial charge in [-0.3, -0.25) is 0 Å². The van der Waals surface area contributed by atoms with Crippen molar-refractivity contribution >= 4 is 0 Å². The van der Waals surface area contributed by atoms with Gasteiger partial charge in [0.1, 0.15) is 0 Å². The average Bonchev–Trinajstić information content (AvgIpc) is 2.88. The Morgan fingerprint density at radius 1 is 0.957 bits per heavy atom. The molecule has 1 heteroatoms. The first-order valence-corrected chi connectivity index (χ1v) is 9.18. The summed E-state index contributed by atoms with van der Waals surface area (Å²) in [5.41, 5.74) is 7.53. The zero-order chi connectivity index (χ0) is 16.0. The first kappa shape index (κ1) is 15.0. The summed E-state index contributed by atoms with van der Waals surface area (Å²) in [5.74, 6) is 2.15. The van der Waals surface area contributed by atoms with Gasteiger partial charge in [-0.05, 0) is 43.4 Å². The molecule has 0 amide bonds. The minimum absolute atomic E-state index is 0.605. The lowest BCUT2D eigenvalue weighted by atomic mass is 9.78. The predicted octanol–water partition coefficient (Wildman–Crippen LogP) is 3.46. The van der Waals surface area contributed by atoms with E-state index in [2.05, 4.69) is 63.2 Å². The standard InChI is InChI=1S/C22H27N/c1-4-23-12-11-19-21(14-23)18-10-7-16(3)13-20(18)22(19)17-8-5-15(2)6-9-17/h5-10,13,19,21-22H,4,11-12,14H2,1-3H3/p+1/t19-,21+,22+/m0/s1. The summed E-state index contributed by atoms with van der Waals surface area (Å²) in [4.78, 5) is 1.78. The lowest BCUT2D eigenvalue weighted by Crippen LogP contribution is -3.13.